The highest BCUT2D eigenvalue weighted by atomic mass is 32.1. The number of amides is 1. The van der Waals surface area contributed by atoms with Gasteiger partial charge in [0.2, 0.25) is 5.91 Å². The van der Waals surface area contributed by atoms with Gasteiger partial charge in [0.15, 0.2) is 5.78 Å². The Morgan fingerprint density at radius 2 is 1.86 bits per heavy atom. The lowest BCUT2D eigenvalue weighted by molar-refractivity contribution is -0.124. The number of ketones is 1. The lowest BCUT2D eigenvalue weighted by Crippen LogP contribution is -2.31. The molecule has 146 valence electrons. The van der Waals surface area contributed by atoms with Crippen LogP contribution in [0, 0.1) is 0 Å². The molecule has 0 bridgehead atoms. The van der Waals surface area contributed by atoms with Crippen LogP contribution in [0.3, 0.4) is 0 Å². The number of hydrogen-bond acceptors (Lipinski definition) is 5. The number of benzene rings is 2. The smallest absolute Gasteiger partial charge is 0.227 e. The number of fused-ring (bicyclic) bond motifs is 1. The number of Topliss-reactive ketones (excluding diaryl/α,β-unsaturated/α-hetero) is 1. The van der Waals surface area contributed by atoms with Gasteiger partial charge in [-0.15, -0.1) is 11.3 Å². The molecule has 0 aliphatic rings. The molecule has 0 atom stereocenters. The van der Waals surface area contributed by atoms with E-state index in [0.29, 0.717) is 5.69 Å². The zero-order chi connectivity index (χ0) is 20.2. The second kappa shape index (κ2) is 8.36. The van der Waals surface area contributed by atoms with Crippen LogP contribution in [0.25, 0.3) is 21.3 Å². The topological polar surface area (TPSA) is 76.9 Å². The fourth-order valence-electron chi connectivity index (χ4n) is 3.08. The number of nitrogens with zero attached hydrogens (tertiary/aromatic N) is 3. The SMILES string of the molecule is Cn1ccc(CC(=O)CNC(=O)Cc2nc3ccc(-c4ccccc4)cc3s2)n1. The van der Waals surface area contributed by atoms with Crippen molar-refractivity contribution in [1.29, 1.82) is 0 Å². The molecule has 0 saturated carbocycles. The van der Waals surface area contributed by atoms with E-state index < -0.39 is 0 Å². The summed E-state index contributed by atoms with van der Waals surface area (Å²) in [5.41, 5.74) is 3.85. The molecule has 2 heterocycles. The minimum atomic E-state index is -0.207. The fraction of sp³-hybridized carbons (Fsp3) is 0.182. The van der Waals surface area contributed by atoms with Crippen LogP contribution in [0.4, 0.5) is 0 Å². The maximum atomic E-state index is 12.2. The van der Waals surface area contributed by atoms with E-state index in [1.165, 1.54) is 11.3 Å². The summed E-state index contributed by atoms with van der Waals surface area (Å²) in [4.78, 5) is 28.8. The van der Waals surface area contributed by atoms with Crippen LogP contribution in [0.1, 0.15) is 10.7 Å². The van der Waals surface area contributed by atoms with Gasteiger partial charge in [-0.05, 0) is 29.3 Å². The molecular formula is C22H20N4O2S. The Bertz CT molecular complexity index is 1160. The highest BCUT2D eigenvalue weighted by Gasteiger charge is 2.12. The van der Waals surface area contributed by atoms with Crippen molar-refractivity contribution < 1.29 is 9.59 Å². The van der Waals surface area contributed by atoms with Gasteiger partial charge in [0, 0.05) is 13.2 Å². The van der Waals surface area contributed by atoms with Gasteiger partial charge in [-0.1, -0.05) is 36.4 Å². The molecule has 4 rings (SSSR count). The summed E-state index contributed by atoms with van der Waals surface area (Å²) >= 11 is 1.50. The average Bonchev–Trinajstić information content (AvgIpc) is 3.31. The Kier molecular flexibility index (Phi) is 5.48. The van der Waals surface area contributed by atoms with Crippen molar-refractivity contribution in [3.63, 3.8) is 0 Å². The van der Waals surface area contributed by atoms with E-state index in [2.05, 4.69) is 33.6 Å². The summed E-state index contributed by atoms with van der Waals surface area (Å²) in [6, 6.07) is 18.1. The lowest BCUT2D eigenvalue weighted by Gasteiger charge is -2.02. The third-order valence-corrected chi connectivity index (χ3v) is 5.50. The Hall–Kier alpha value is -3.32. The van der Waals surface area contributed by atoms with E-state index in [0.717, 1.165) is 26.4 Å². The van der Waals surface area contributed by atoms with Gasteiger partial charge in [0.1, 0.15) is 5.01 Å². The quantitative estimate of drug-likeness (QED) is 0.513. The van der Waals surface area contributed by atoms with Gasteiger partial charge in [-0.25, -0.2) is 4.98 Å². The largest absolute Gasteiger partial charge is 0.349 e. The fourth-order valence-corrected chi connectivity index (χ4v) is 4.08. The van der Waals surface area contributed by atoms with Crippen molar-refractivity contribution >= 4 is 33.2 Å². The molecular weight excluding hydrogens is 384 g/mol. The number of aromatic nitrogens is 3. The van der Waals surface area contributed by atoms with Crippen LogP contribution in [0.15, 0.2) is 60.8 Å². The molecule has 2 aromatic carbocycles. The Morgan fingerprint density at radius 3 is 2.62 bits per heavy atom. The van der Waals surface area contributed by atoms with Crippen molar-refractivity contribution in [3.05, 3.63) is 71.5 Å². The molecule has 0 aliphatic heterocycles. The minimum absolute atomic E-state index is 0.00153. The van der Waals surface area contributed by atoms with Crippen molar-refractivity contribution in [2.24, 2.45) is 7.05 Å². The Morgan fingerprint density at radius 1 is 1.03 bits per heavy atom. The maximum absolute atomic E-state index is 12.2. The van der Waals surface area contributed by atoms with Crippen molar-refractivity contribution in [2.75, 3.05) is 6.54 Å². The molecule has 2 aromatic heterocycles. The molecule has 0 fully saturated rings. The van der Waals surface area contributed by atoms with Gasteiger partial charge < -0.3 is 5.32 Å². The van der Waals surface area contributed by atoms with E-state index in [1.807, 2.05) is 30.3 Å². The number of aryl methyl sites for hydroxylation is 1. The molecule has 0 unspecified atom stereocenters. The van der Waals surface area contributed by atoms with Gasteiger partial charge in [0.05, 0.1) is 35.3 Å². The van der Waals surface area contributed by atoms with Gasteiger partial charge in [-0.3, -0.25) is 14.3 Å². The van der Waals surface area contributed by atoms with E-state index in [9.17, 15) is 9.59 Å². The van der Waals surface area contributed by atoms with Crippen LogP contribution < -0.4 is 5.32 Å². The molecule has 1 N–H and O–H groups in total. The standard InChI is InChI=1S/C22H20N4O2S/c1-26-10-9-17(25-26)12-18(27)14-23-21(28)13-22-24-19-8-7-16(11-20(19)29-22)15-5-3-2-4-6-15/h2-11H,12-14H2,1H3,(H,23,28). The molecule has 4 aromatic rings. The number of carbonyl (C=O) groups is 2. The first-order valence-electron chi connectivity index (χ1n) is 9.28. The summed E-state index contributed by atoms with van der Waals surface area (Å²) in [5, 5.41) is 7.59. The maximum Gasteiger partial charge on any atom is 0.227 e. The third kappa shape index (κ3) is 4.75. The average molecular weight is 404 g/mol. The third-order valence-electron chi connectivity index (χ3n) is 4.48. The second-order valence-electron chi connectivity index (χ2n) is 6.81. The molecule has 0 spiro atoms. The van der Waals surface area contributed by atoms with Crippen molar-refractivity contribution in [1.82, 2.24) is 20.1 Å². The number of thiazole rings is 1. The van der Waals surface area contributed by atoms with E-state index in [-0.39, 0.29) is 31.1 Å². The number of carbonyl (C=O) groups excluding carboxylic acids is 2. The van der Waals surface area contributed by atoms with Crippen LogP contribution in [-0.4, -0.2) is 33.0 Å². The lowest BCUT2D eigenvalue weighted by atomic mass is 10.1. The van der Waals surface area contributed by atoms with Crippen LogP contribution in [0.5, 0.6) is 0 Å². The zero-order valence-corrected chi connectivity index (χ0v) is 16.8. The summed E-state index contributed by atoms with van der Waals surface area (Å²) in [6.45, 7) is -0.00153. The monoisotopic (exact) mass is 404 g/mol. The number of rotatable bonds is 7. The highest BCUT2D eigenvalue weighted by Crippen LogP contribution is 2.28. The van der Waals surface area contributed by atoms with Gasteiger partial charge in [-0.2, -0.15) is 5.10 Å². The number of nitrogens with one attached hydrogen (secondary N) is 1. The molecule has 29 heavy (non-hydrogen) atoms. The van der Waals surface area contributed by atoms with Gasteiger partial charge >= 0.3 is 0 Å². The van der Waals surface area contributed by atoms with E-state index >= 15 is 0 Å². The van der Waals surface area contributed by atoms with E-state index in [4.69, 9.17) is 0 Å². The summed E-state index contributed by atoms with van der Waals surface area (Å²) in [6.07, 6.45) is 2.17. The normalized spacial score (nSPS) is 10.9. The molecule has 0 aliphatic carbocycles. The van der Waals surface area contributed by atoms with Crippen LogP contribution in [0.2, 0.25) is 0 Å². The number of hydrogen-bond donors (Lipinski definition) is 1. The molecule has 0 radical (unpaired) electrons. The summed E-state index contributed by atoms with van der Waals surface area (Å²) in [7, 11) is 1.80. The Labute approximate surface area is 172 Å². The highest BCUT2D eigenvalue weighted by molar-refractivity contribution is 7.18. The minimum Gasteiger partial charge on any atom is -0.349 e. The summed E-state index contributed by atoms with van der Waals surface area (Å²) in [5.74, 6) is -0.282. The van der Waals surface area contributed by atoms with E-state index in [1.54, 1.807) is 24.0 Å². The second-order valence-corrected chi connectivity index (χ2v) is 7.92. The first kappa shape index (κ1) is 19.0. The molecule has 0 saturated heterocycles. The predicted molar refractivity (Wildman–Crippen MR) is 114 cm³/mol. The molecule has 7 heteroatoms. The first-order chi connectivity index (χ1) is 14.1. The Balaban J connectivity index is 1.36. The first-order valence-corrected chi connectivity index (χ1v) is 10.1. The van der Waals surface area contributed by atoms with Crippen LogP contribution in [-0.2, 0) is 29.5 Å². The molecule has 6 nitrogen and oxygen atoms in total. The van der Waals surface area contributed by atoms with Gasteiger partial charge in [0.25, 0.3) is 0 Å². The van der Waals surface area contributed by atoms with Crippen molar-refractivity contribution in [3.8, 4) is 11.1 Å². The molecule has 1 amide bonds. The van der Waals surface area contributed by atoms with Crippen LogP contribution >= 0.6 is 11.3 Å². The zero-order valence-electron chi connectivity index (χ0n) is 16.0. The van der Waals surface area contributed by atoms with Crippen molar-refractivity contribution in [2.45, 2.75) is 12.8 Å². The summed E-state index contributed by atoms with van der Waals surface area (Å²) < 4.78 is 2.69. The predicted octanol–water partition coefficient (Wildman–Crippen LogP) is 3.17.